The van der Waals surface area contributed by atoms with Crippen LogP contribution in [0.25, 0.3) is 6.08 Å². The number of hydrogen-bond donors (Lipinski definition) is 1. The molecule has 0 unspecified atom stereocenters. The SMILES string of the molecule is O=C(O)C=CC=Cc1c(F)cc(Br)cc1F. The van der Waals surface area contributed by atoms with Gasteiger partial charge in [0.05, 0.1) is 0 Å². The van der Waals surface area contributed by atoms with E-state index in [4.69, 9.17) is 5.11 Å². The predicted molar refractivity (Wildman–Crippen MR) is 59.9 cm³/mol. The standard InChI is InChI=1S/C11H7BrF2O2/c12-7-5-9(13)8(10(14)6-7)3-1-2-4-11(15)16/h1-6H,(H,15,16). The fourth-order valence-electron chi connectivity index (χ4n) is 1.00. The lowest BCUT2D eigenvalue weighted by atomic mass is 10.2. The van der Waals surface area contributed by atoms with E-state index in [2.05, 4.69) is 15.9 Å². The van der Waals surface area contributed by atoms with Gasteiger partial charge in [0.2, 0.25) is 0 Å². The van der Waals surface area contributed by atoms with E-state index in [0.717, 1.165) is 24.3 Å². The molecule has 0 saturated heterocycles. The summed E-state index contributed by atoms with van der Waals surface area (Å²) in [5.74, 6) is -2.56. The molecule has 0 amide bonds. The number of carbonyl (C=O) groups is 1. The molecule has 1 N–H and O–H groups in total. The normalized spacial score (nSPS) is 11.4. The van der Waals surface area contributed by atoms with Crippen LogP contribution in [-0.2, 0) is 4.79 Å². The second-order valence-electron chi connectivity index (χ2n) is 2.84. The molecule has 0 fully saturated rings. The second kappa shape index (κ2) is 5.55. The van der Waals surface area contributed by atoms with Crippen LogP contribution in [0.1, 0.15) is 5.56 Å². The van der Waals surface area contributed by atoms with Gasteiger partial charge in [-0.3, -0.25) is 0 Å². The van der Waals surface area contributed by atoms with Crippen LogP contribution in [0.2, 0.25) is 0 Å². The third-order valence-electron chi connectivity index (χ3n) is 1.66. The third kappa shape index (κ3) is 3.58. The summed E-state index contributed by atoms with van der Waals surface area (Å²) in [6, 6.07) is 2.26. The maximum absolute atomic E-state index is 13.2. The number of carboxylic acids is 1. The number of halogens is 3. The number of carboxylic acid groups (broad SMARTS) is 1. The fourth-order valence-corrected chi connectivity index (χ4v) is 1.40. The molecule has 16 heavy (non-hydrogen) atoms. The zero-order chi connectivity index (χ0) is 12.1. The van der Waals surface area contributed by atoms with Crippen molar-refractivity contribution < 1.29 is 18.7 Å². The maximum atomic E-state index is 13.2. The van der Waals surface area contributed by atoms with Crippen LogP contribution in [0.5, 0.6) is 0 Å². The molecule has 0 aliphatic heterocycles. The van der Waals surface area contributed by atoms with Crippen molar-refractivity contribution in [1.29, 1.82) is 0 Å². The highest BCUT2D eigenvalue weighted by atomic mass is 79.9. The molecule has 1 aromatic rings. The van der Waals surface area contributed by atoms with Crippen molar-refractivity contribution in [3.05, 3.63) is 52.0 Å². The Morgan fingerprint density at radius 3 is 2.31 bits per heavy atom. The molecular formula is C11H7BrF2O2. The van der Waals surface area contributed by atoms with Crippen molar-refractivity contribution in [2.24, 2.45) is 0 Å². The molecule has 1 aromatic carbocycles. The number of aliphatic carboxylic acids is 1. The first kappa shape index (κ1) is 12.6. The lowest BCUT2D eigenvalue weighted by Crippen LogP contribution is -1.88. The minimum Gasteiger partial charge on any atom is -0.478 e. The molecule has 0 saturated carbocycles. The molecule has 0 atom stereocenters. The molecule has 0 bridgehead atoms. The summed E-state index contributed by atoms with van der Waals surface area (Å²) < 4.78 is 26.8. The smallest absolute Gasteiger partial charge is 0.328 e. The summed E-state index contributed by atoms with van der Waals surface area (Å²) in [6.07, 6.45) is 4.47. The van der Waals surface area contributed by atoms with Gasteiger partial charge in [-0.25, -0.2) is 13.6 Å². The van der Waals surface area contributed by atoms with Crippen molar-refractivity contribution in [3.63, 3.8) is 0 Å². The first-order chi connectivity index (χ1) is 7.50. The summed E-state index contributed by atoms with van der Waals surface area (Å²) in [5, 5.41) is 8.28. The minimum atomic E-state index is -1.12. The van der Waals surface area contributed by atoms with Gasteiger partial charge in [0.15, 0.2) is 0 Å². The molecule has 0 aromatic heterocycles. The van der Waals surface area contributed by atoms with Crippen LogP contribution < -0.4 is 0 Å². The first-order valence-electron chi connectivity index (χ1n) is 4.23. The molecule has 2 nitrogen and oxygen atoms in total. The molecule has 0 heterocycles. The van der Waals surface area contributed by atoms with E-state index in [1.54, 1.807) is 0 Å². The van der Waals surface area contributed by atoms with E-state index in [9.17, 15) is 13.6 Å². The Labute approximate surface area is 99.0 Å². The van der Waals surface area contributed by atoms with Crippen LogP contribution in [-0.4, -0.2) is 11.1 Å². The lowest BCUT2D eigenvalue weighted by Gasteiger charge is -1.99. The zero-order valence-corrected chi connectivity index (χ0v) is 9.54. The first-order valence-corrected chi connectivity index (χ1v) is 5.02. The van der Waals surface area contributed by atoms with Gasteiger partial charge in [0, 0.05) is 16.1 Å². The Balaban J connectivity index is 2.93. The van der Waals surface area contributed by atoms with Gasteiger partial charge in [0.25, 0.3) is 0 Å². The van der Waals surface area contributed by atoms with E-state index < -0.39 is 17.6 Å². The van der Waals surface area contributed by atoms with Crippen molar-refractivity contribution in [2.75, 3.05) is 0 Å². The van der Waals surface area contributed by atoms with E-state index >= 15 is 0 Å². The van der Waals surface area contributed by atoms with Gasteiger partial charge >= 0.3 is 5.97 Å². The molecule has 0 aliphatic carbocycles. The summed E-state index contributed by atoms with van der Waals surface area (Å²) in [6.45, 7) is 0. The summed E-state index contributed by atoms with van der Waals surface area (Å²) in [5.41, 5.74) is -0.210. The van der Waals surface area contributed by atoms with Crippen LogP contribution in [0, 0.1) is 11.6 Å². The lowest BCUT2D eigenvalue weighted by molar-refractivity contribution is -0.131. The van der Waals surface area contributed by atoms with E-state index in [1.165, 1.54) is 12.2 Å². The fraction of sp³-hybridized carbons (Fsp3) is 0. The van der Waals surface area contributed by atoms with Gasteiger partial charge < -0.3 is 5.11 Å². The van der Waals surface area contributed by atoms with Gasteiger partial charge in [0.1, 0.15) is 11.6 Å². The number of allylic oxidation sites excluding steroid dienone is 2. The van der Waals surface area contributed by atoms with Crippen LogP contribution in [0.4, 0.5) is 8.78 Å². The van der Waals surface area contributed by atoms with Crippen LogP contribution in [0.15, 0.2) is 34.8 Å². The minimum absolute atomic E-state index is 0.210. The number of hydrogen-bond acceptors (Lipinski definition) is 1. The largest absolute Gasteiger partial charge is 0.478 e. The third-order valence-corrected chi connectivity index (χ3v) is 2.11. The van der Waals surface area contributed by atoms with Gasteiger partial charge in [-0.1, -0.05) is 28.1 Å². The van der Waals surface area contributed by atoms with Gasteiger partial charge in [-0.2, -0.15) is 0 Å². The number of benzene rings is 1. The molecular weight excluding hydrogens is 282 g/mol. The van der Waals surface area contributed by atoms with Crippen molar-refractivity contribution >= 4 is 28.0 Å². The second-order valence-corrected chi connectivity index (χ2v) is 3.76. The van der Waals surface area contributed by atoms with Gasteiger partial charge in [-0.05, 0) is 18.2 Å². The highest BCUT2D eigenvalue weighted by Gasteiger charge is 2.06. The molecule has 5 heteroatoms. The summed E-state index contributed by atoms with van der Waals surface area (Å²) >= 11 is 2.95. The average Bonchev–Trinajstić information content (AvgIpc) is 2.14. The molecule has 0 aliphatic rings. The molecule has 0 spiro atoms. The Kier molecular flexibility index (Phi) is 4.37. The Morgan fingerprint density at radius 1 is 1.25 bits per heavy atom. The molecule has 84 valence electrons. The van der Waals surface area contributed by atoms with Crippen molar-refractivity contribution in [1.82, 2.24) is 0 Å². The summed E-state index contributed by atoms with van der Waals surface area (Å²) in [4.78, 5) is 10.1. The van der Waals surface area contributed by atoms with E-state index in [1.807, 2.05) is 0 Å². The average molecular weight is 289 g/mol. The van der Waals surface area contributed by atoms with Crippen molar-refractivity contribution in [3.8, 4) is 0 Å². The molecule has 0 radical (unpaired) electrons. The summed E-state index contributed by atoms with van der Waals surface area (Å²) in [7, 11) is 0. The predicted octanol–water partition coefficient (Wildman–Crippen LogP) is 3.38. The quantitative estimate of drug-likeness (QED) is 0.684. The van der Waals surface area contributed by atoms with Gasteiger partial charge in [-0.15, -0.1) is 0 Å². The van der Waals surface area contributed by atoms with E-state index in [0.29, 0.717) is 4.47 Å². The zero-order valence-electron chi connectivity index (χ0n) is 7.95. The van der Waals surface area contributed by atoms with Crippen LogP contribution >= 0.6 is 15.9 Å². The Morgan fingerprint density at radius 2 is 1.81 bits per heavy atom. The van der Waals surface area contributed by atoms with Crippen molar-refractivity contribution in [2.45, 2.75) is 0 Å². The number of rotatable bonds is 3. The Hall–Kier alpha value is -1.49. The highest BCUT2D eigenvalue weighted by Crippen LogP contribution is 2.20. The van der Waals surface area contributed by atoms with E-state index in [-0.39, 0.29) is 5.56 Å². The Bertz CT molecular complexity index is 444. The molecule has 1 rings (SSSR count). The van der Waals surface area contributed by atoms with Crippen LogP contribution in [0.3, 0.4) is 0 Å². The topological polar surface area (TPSA) is 37.3 Å². The highest BCUT2D eigenvalue weighted by molar-refractivity contribution is 9.10. The monoisotopic (exact) mass is 288 g/mol. The maximum Gasteiger partial charge on any atom is 0.328 e.